The quantitative estimate of drug-likeness (QED) is 0.839. The van der Waals surface area contributed by atoms with Crippen LogP contribution in [0, 0.1) is 6.92 Å². The van der Waals surface area contributed by atoms with Crippen LogP contribution in [-0.4, -0.2) is 43.8 Å². The minimum absolute atomic E-state index is 0.410. The Morgan fingerprint density at radius 1 is 1.16 bits per heavy atom. The van der Waals surface area contributed by atoms with Gasteiger partial charge in [0.05, 0.1) is 17.9 Å². The number of anilines is 2. The largest absolute Gasteiger partial charge is 0.401 e. The molecule has 0 spiro atoms. The lowest BCUT2D eigenvalue weighted by Gasteiger charge is -2.36. The normalized spacial score (nSPS) is 17.8. The van der Waals surface area contributed by atoms with Crippen LogP contribution in [0.3, 0.4) is 0 Å². The molecular formula is C13H18F3N3. The molecule has 3 nitrogen and oxygen atoms in total. The molecule has 0 atom stereocenters. The Hall–Kier alpha value is -1.43. The van der Waals surface area contributed by atoms with Crippen LogP contribution in [-0.2, 0) is 0 Å². The number of piperazine rings is 1. The third kappa shape index (κ3) is 3.76. The molecular weight excluding hydrogens is 255 g/mol. The Labute approximate surface area is 110 Å². The van der Waals surface area contributed by atoms with E-state index in [0.717, 1.165) is 11.3 Å². The van der Waals surface area contributed by atoms with Crippen LogP contribution in [0.25, 0.3) is 0 Å². The average molecular weight is 273 g/mol. The number of alkyl halides is 3. The molecule has 1 fully saturated rings. The van der Waals surface area contributed by atoms with Gasteiger partial charge in [0.1, 0.15) is 0 Å². The topological polar surface area (TPSA) is 32.5 Å². The molecule has 0 aromatic heterocycles. The highest BCUT2D eigenvalue weighted by Crippen LogP contribution is 2.26. The molecule has 1 saturated heterocycles. The van der Waals surface area contributed by atoms with E-state index < -0.39 is 12.7 Å². The van der Waals surface area contributed by atoms with Gasteiger partial charge in [-0.15, -0.1) is 0 Å². The minimum Gasteiger partial charge on any atom is -0.397 e. The zero-order chi connectivity index (χ0) is 14.0. The summed E-state index contributed by atoms with van der Waals surface area (Å²) in [6, 6.07) is 5.75. The molecule has 1 aliphatic rings. The molecule has 0 bridgehead atoms. The van der Waals surface area contributed by atoms with Gasteiger partial charge in [0.15, 0.2) is 0 Å². The lowest BCUT2D eigenvalue weighted by atomic mass is 10.1. The molecule has 0 saturated carbocycles. The first-order valence-corrected chi connectivity index (χ1v) is 6.25. The lowest BCUT2D eigenvalue weighted by molar-refractivity contribution is -0.146. The average Bonchev–Trinajstić information content (AvgIpc) is 2.31. The first kappa shape index (κ1) is 14.0. The number of benzene rings is 1. The number of nitrogens with two attached hydrogens (primary N) is 1. The van der Waals surface area contributed by atoms with E-state index in [1.807, 2.05) is 25.1 Å². The molecule has 2 N–H and O–H groups in total. The second-order valence-corrected chi connectivity index (χ2v) is 4.94. The predicted molar refractivity (Wildman–Crippen MR) is 70.3 cm³/mol. The van der Waals surface area contributed by atoms with E-state index in [2.05, 4.69) is 4.90 Å². The Kier molecular flexibility index (Phi) is 3.89. The predicted octanol–water partition coefficient (Wildman–Crippen LogP) is 2.26. The van der Waals surface area contributed by atoms with Crippen molar-refractivity contribution in [2.45, 2.75) is 13.1 Å². The van der Waals surface area contributed by atoms with Crippen LogP contribution in [0.15, 0.2) is 18.2 Å². The summed E-state index contributed by atoms with van der Waals surface area (Å²) in [4.78, 5) is 3.48. The molecule has 1 aromatic carbocycles. The van der Waals surface area contributed by atoms with Gasteiger partial charge in [0.2, 0.25) is 0 Å². The van der Waals surface area contributed by atoms with Gasteiger partial charge in [-0.1, -0.05) is 6.07 Å². The van der Waals surface area contributed by atoms with Crippen LogP contribution in [0.1, 0.15) is 5.56 Å². The van der Waals surface area contributed by atoms with Gasteiger partial charge in [-0.25, -0.2) is 0 Å². The molecule has 6 heteroatoms. The molecule has 1 heterocycles. The second-order valence-electron chi connectivity index (χ2n) is 4.94. The smallest absolute Gasteiger partial charge is 0.397 e. The van der Waals surface area contributed by atoms with Crippen molar-refractivity contribution >= 4 is 11.4 Å². The molecule has 0 amide bonds. The summed E-state index contributed by atoms with van der Waals surface area (Å²) in [7, 11) is 0. The van der Waals surface area contributed by atoms with Crippen molar-refractivity contribution in [1.82, 2.24) is 4.90 Å². The highest BCUT2D eigenvalue weighted by molar-refractivity contribution is 5.68. The first-order chi connectivity index (χ1) is 8.85. The van der Waals surface area contributed by atoms with Crippen molar-refractivity contribution in [3.8, 4) is 0 Å². The molecule has 2 rings (SSSR count). The summed E-state index contributed by atoms with van der Waals surface area (Å²) in [5.41, 5.74) is 8.62. The van der Waals surface area contributed by atoms with Crippen LogP contribution >= 0.6 is 0 Å². The van der Waals surface area contributed by atoms with Gasteiger partial charge >= 0.3 is 6.18 Å². The number of rotatable bonds is 2. The third-order valence-electron chi connectivity index (χ3n) is 3.30. The van der Waals surface area contributed by atoms with Crippen molar-refractivity contribution in [1.29, 1.82) is 0 Å². The van der Waals surface area contributed by atoms with E-state index in [-0.39, 0.29) is 0 Å². The van der Waals surface area contributed by atoms with Crippen molar-refractivity contribution in [2.75, 3.05) is 43.4 Å². The summed E-state index contributed by atoms with van der Waals surface area (Å²) >= 11 is 0. The highest BCUT2D eigenvalue weighted by Gasteiger charge is 2.32. The number of hydrogen-bond donors (Lipinski definition) is 1. The lowest BCUT2D eigenvalue weighted by Crippen LogP contribution is -2.49. The summed E-state index contributed by atoms with van der Waals surface area (Å²) in [6.45, 7) is 3.11. The zero-order valence-corrected chi connectivity index (χ0v) is 10.9. The van der Waals surface area contributed by atoms with E-state index in [9.17, 15) is 13.2 Å². The maximum atomic E-state index is 12.3. The monoisotopic (exact) mass is 273 g/mol. The van der Waals surface area contributed by atoms with Gasteiger partial charge in [0, 0.05) is 26.2 Å². The van der Waals surface area contributed by atoms with E-state index >= 15 is 0 Å². The van der Waals surface area contributed by atoms with Crippen molar-refractivity contribution in [2.24, 2.45) is 0 Å². The van der Waals surface area contributed by atoms with Gasteiger partial charge in [-0.05, 0) is 24.6 Å². The molecule has 106 valence electrons. The Balaban J connectivity index is 1.98. The third-order valence-corrected chi connectivity index (χ3v) is 3.30. The van der Waals surface area contributed by atoms with Crippen molar-refractivity contribution < 1.29 is 13.2 Å². The fourth-order valence-electron chi connectivity index (χ4n) is 2.33. The Morgan fingerprint density at radius 2 is 1.79 bits per heavy atom. The summed E-state index contributed by atoms with van der Waals surface area (Å²) < 4.78 is 36.9. The van der Waals surface area contributed by atoms with Crippen LogP contribution in [0.5, 0.6) is 0 Å². The number of nitrogens with zero attached hydrogens (tertiary/aromatic N) is 2. The number of hydrogen-bond acceptors (Lipinski definition) is 3. The number of aryl methyl sites for hydroxylation is 1. The van der Waals surface area contributed by atoms with Gasteiger partial charge in [-0.3, -0.25) is 4.90 Å². The second kappa shape index (κ2) is 5.28. The van der Waals surface area contributed by atoms with Gasteiger partial charge < -0.3 is 10.6 Å². The van der Waals surface area contributed by atoms with Crippen molar-refractivity contribution in [3.05, 3.63) is 23.8 Å². The maximum Gasteiger partial charge on any atom is 0.401 e. The van der Waals surface area contributed by atoms with Crippen LogP contribution in [0.2, 0.25) is 0 Å². The fourth-order valence-corrected chi connectivity index (χ4v) is 2.33. The molecule has 19 heavy (non-hydrogen) atoms. The molecule has 0 unspecified atom stereocenters. The van der Waals surface area contributed by atoms with Crippen molar-refractivity contribution in [3.63, 3.8) is 0 Å². The maximum absolute atomic E-state index is 12.3. The van der Waals surface area contributed by atoms with Gasteiger partial charge in [0.25, 0.3) is 0 Å². The summed E-state index contributed by atoms with van der Waals surface area (Å²) in [6.07, 6.45) is -4.12. The minimum atomic E-state index is -4.12. The highest BCUT2D eigenvalue weighted by atomic mass is 19.4. The first-order valence-electron chi connectivity index (χ1n) is 6.25. The number of halogens is 3. The van der Waals surface area contributed by atoms with E-state index in [1.54, 1.807) is 0 Å². The van der Waals surface area contributed by atoms with E-state index in [0.29, 0.717) is 31.9 Å². The molecule has 0 radical (unpaired) electrons. The van der Waals surface area contributed by atoms with Crippen LogP contribution in [0.4, 0.5) is 24.5 Å². The molecule has 1 aromatic rings. The van der Waals surface area contributed by atoms with E-state index in [1.165, 1.54) is 4.90 Å². The molecule has 0 aliphatic carbocycles. The molecule has 1 aliphatic heterocycles. The standard InChI is InChI=1S/C13H18F3N3/c1-10-2-3-11(17)12(8-10)19-6-4-18(5-7-19)9-13(14,15)16/h2-3,8H,4-7,9,17H2,1H3. The summed E-state index contributed by atoms with van der Waals surface area (Å²) in [5.74, 6) is 0. The number of nitrogen functional groups attached to an aromatic ring is 1. The Bertz CT molecular complexity index is 437. The van der Waals surface area contributed by atoms with Crippen LogP contribution < -0.4 is 10.6 Å². The Morgan fingerprint density at radius 3 is 2.37 bits per heavy atom. The summed E-state index contributed by atoms with van der Waals surface area (Å²) in [5, 5.41) is 0. The van der Waals surface area contributed by atoms with E-state index in [4.69, 9.17) is 5.73 Å². The fraction of sp³-hybridized carbons (Fsp3) is 0.538. The zero-order valence-electron chi connectivity index (χ0n) is 10.9. The van der Waals surface area contributed by atoms with Gasteiger partial charge in [-0.2, -0.15) is 13.2 Å². The SMILES string of the molecule is Cc1ccc(N)c(N2CCN(CC(F)(F)F)CC2)c1.